The Morgan fingerprint density at radius 2 is 1.54 bits per heavy atom. The number of benzene rings is 2. The first kappa shape index (κ1) is 27.7. The summed E-state index contributed by atoms with van der Waals surface area (Å²) >= 11 is 0. The van der Waals surface area contributed by atoms with E-state index in [2.05, 4.69) is 10.3 Å². The van der Waals surface area contributed by atoms with Gasteiger partial charge >= 0.3 is 18.1 Å². The molecule has 11 heteroatoms. The van der Waals surface area contributed by atoms with Crippen molar-refractivity contribution in [3.8, 4) is 5.75 Å². The van der Waals surface area contributed by atoms with Crippen LogP contribution in [-0.2, 0) is 33.6 Å². The van der Waals surface area contributed by atoms with E-state index in [0.717, 1.165) is 12.1 Å². The second kappa shape index (κ2) is 10.6. The first-order chi connectivity index (χ1) is 17.1. The lowest BCUT2D eigenvalue weighted by Gasteiger charge is -2.29. The highest BCUT2D eigenvalue weighted by molar-refractivity contribution is 5.89. The Bertz CT molecular complexity index is 1230. The van der Waals surface area contributed by atoms with Crippen LogP contribution in [-0.4, -0.2) is 38.1 Å². The van der Waals surface area contributed by atoms with Gasteiger partial charge in [0.1, 0.15) is 23.7 Å². The van der Waals surface area contributed by atoms with Gasteiger partial charge < -0.3 is 14.2 Å². The fourth-order valence-electron chi connectivity index (χ4n) is 3.09. The number of ether oxygens (including phenoxy) is 3. The van der Waals surface area contributed by atoms with Crippen molar-refractivity contribution in [2.24, 2.45) is 0 Å². The number of hydrogen-bond acceptors (Lipinski definition) is 7. The molecule has 0 amide bonds. The molecule has 1 aromatic heterocycles. The van der Waals surface area contributed by atoms with Gasteiger partial charge in [0.2, 0.25) is 0 Å². The summed E-state index contributed by atoms with van der Waals surface area (Å²) in [6.45, 7) is 8.54. The maximum Gasteiger partial charge on any atom is 0.416 e. The van der Waals surface area contributed by atoms with Gasteiger partial charge in [0.05, 0.1) is 23.9 Å². The van der Waals surface area contributed by atoms with Gasteiger partial charge in [0.15, 0.2) is 5.60 Å². The Labute approximate surface area is 212 Å². The van der Waals surface area contributed by atoms with E-state index in [1.807, 2.05) is 0 Å². The summed E-state index contributed by atoms with van der Waals surface area (Å²) in [7, 11) is 0. The Kier molecular flexibility index (Phi) is 7.94. The van der Waals surface area contributed by atoms with Crippen LogP contribution in [0.1, 0.15) is 61.8 Å². The van der Waals surface area contributed by atoms with Crippen LogP contribution in [0.3, 0.4) is 0 Å². The Balaban J connectivity index is 1.52. The van der Waals surface area contributed by atoms with E-state index in [1.54, 1.807) is 52.9 Å². The molecule has 198 valence electrons. The number of carbonyl (C=O) groups is 2. The maximum absolute atomic E-state index is 12.7. The average Bonchev–Trinajstić information content (AvgIpc) is 3.23. The van der Waals surface area contributed by atoms with Gasteiger partial charge in [-0.1, -0.05) is 17.3 Å². The Hall–Kier alpha value is -3.89. The number of alkyl halides is 3. The zero-order valence-corrected chi connectivity index (χ0v) is 21.1. The van der Waals surface area contributed by atoms with E-state index in [9.17, 15) is 22.8 Å². The molecule has 0 radical (unpaired) electrons. The monoisotopic (exact) mass is 519 g/mol. The van der Waals surface area contributed by atoms with Crippen molar-refractivity contribution >= 4 is 11.9 Å². The quantitative estimate of drug-likeness (QED) is 0.378. The molecule has 0 bridgehead atoms. The fourth-order valence-corrected chi connectivity index (χ4v) is 3.09. The highest BCUT2D eigenvalue weighted by Crippen LogP contribution is 2.29. The molecule has 0 saturated heterocycles. The van der Waals surface area contributed by atoms with Gasteiger partial charge in [-0.15, -0.1) is 5.10 Å². The van der Waals surface area contributed by atoms with E-state index in [-0.39, 0.29) is 18.7 Å². The molecular formula is C26H28F3N3O5. The van der Waals surface area contributed by atoms with Crippen molar-refractivity contribution in [3.63, 3.8) is 0 Å². The van der Waals surface area contributed by atoms with Crippen LogP contribution in [0.5, 0.6) is 5.75 Å². The minimum absolute atomic E-state index is 0.143. The van der Waals surface area contributed by atoms with Gasteiger partial charge in [-0.3, -0.25) is 0 Å². The molecule has 1 heterocycles. The van der Waals surface area contributed by atoms with Gasteiger partial charge in [-0.25, -0.2) is 14.3 Å². The van der Waals surface area contributed by atoms with Crippen LogP contribution in [0.4, 0.5) is 13.2 Å². The molecule has 0 atom stereocenters. The van der Waals surface area contributed by atoms with Crippen LogP contribution in [0, 0.1) is 0 Å². The zero-order valence-electron chi connectivity index (χ0n) is 21.1. The molecule has 3 aromatic rings. The predicted molar refractivity (Wildman–Crippen MR) is 127 cm³/mol. The molecule has 3 rings (SSSR count). The molecule has 0 aliphatic rings. The summed E-state index contributed by atoms with van der Waals surface area (Å²) in [5.41, 5.74) is -1.37. The zero-order chi connectivity index (χ0) is 27.4. The lowest BCUT2D eigenvalue weighted by Crippen LogP contribution is -2.43. The van der Waals surface area contributed by atoms with Crippen molar-refractivity contribution in [1.29, 1.82) is 0 Å². The first-order valence-electron chi connectivity index (χ1n) is 11.4. The van der Waals surface area contributed by atoms with Crippen molar-refractivity contribution in [2.75, 3.05) is 0 Å². The van der Waals surface area contributed by atoms with Crippen molar-refractivity contribution in [1.82, 2.24) is 15.0 Å². The van der Waals surface area contributed by atoms with Gasteiger partial charge in [-0.2, -0.15) is 13.2 Å². The third-order valence-corrected chi connectivity index (χ3v) is 4.92. The van der Waals surface area contributed by atoms with Crippen molar-refractivity contribution in [2.45, 2.75) is 65.1 Å². The third-order valence-electron chi connectivity index (χ3n) is 4.92. The second-order valence-electron chi connectivity index (χ2n) is 9.82. The molecule has 8 nitrogen and oxygen atoms in total. The molecule has 37 heavy (non-hydrogen) atoms. The molecular weight excluding hydrogens is 491 g/mol. The Morgan fingerprint density at radius 1 is 0.919 bits per heavy atom. The summed E-state index contributed by atoms with van der Waals surface area (Å²) in [6, 6.07) is 10.8. The summed E-state index contributed by atoms with van der Waals surface area (Å²) in [4.78, 5) is 24.8. The van der Waals surface area contributed by atoms with Crippen LogP contribution < -0.4 is 4.74 Å². The first-order valence-corrected chi connectivity index (χ1v) is 11.4. The van der Waals surface area contributed by atoms with Crippen LogP contribution >= 0.6 is 0 Å². The van der Waals surface area contributed by atoms with E-state index < -0.39 is 34.9 Å². The minimum Gasteiger partial charge on any atom is -0.476 e. The van der Waals surface area contributed by atoms with E-state index in [4.69, 9.17) is 14.2 Å². The average molecular weight is 520 g/mol. The van der Waals surface area contributed by atoms with Crippen molar-refractivity contribution < 1.29 is 37.0 Å². The molecule has 0 saturated carbocycles. The SMILES string of the molecule is CC(C)(C)OC(=O)C(C)(C)Oc1ccc(C(=O)OCc2cn(Cc3ccc(C(F)(F)F)cc3)nn2)cc1. The number of nitrogens with zero attached hydrogens (tertiary/aromatic N) is 3. The molecule has 0 fully saturated rings. The molecule has 0 unspecified atom stereocenters. The lowest BCUT2D eigenvalue weighted by molar-refractivity contribution is -0.170. The van der Waals surface area contributed by atoms with E-state index in [1.165, 1.54) is 28.9 Å². The summed E-state index contributed by atoms with van der Waals surface area (Å²) in [5, 5.41) is 7.84. The highest BCUT2D eigenvalue weighted by Gasteiger charge is 2.35. The summed E-state index contributed by atoms with van der Waals surface area (Å²) < 4.78 is 55.9. The standard InChI is InChI=1S/C26H28F3N3O5/c1-24(2,3)37-23(34)25(4,5)36-21-12-8-18(9-13-21)22(33)35-16-20-15-32(31-30-20)14-17-6-10-19(11-7-17)26(27,28)29/h6-13,15H,14,16H2,1-5H3. The number of aromatic nitrogens is 3. The second-order valence-corrected chi connectivity index (χ2v) is 9.82. The predicted octanol–water partition coefficient (Wildman–Crippen LogP) is 5.20. The van der Waals surface area contributed by atoms with Crippen molar-refractivity contribution in [3.05, 3.63) is 77.1 Å². The number of halogens is 3. The van der Waals surface area contributed by atoms with E-state index >= 15 is 0 Å². The lowest BCUT2D eigenvalue weighted by atomic mass is 10.1. The summed E-state index contributed by atoms with van der Waals surface area (Å²) in [5.74, 6) is -0.747. The van der Waals surface area contributed by atoms with Crippen LogP contribution in [0.2, 0.25) is 0 Å². The molecule has 0 aliphatic heterocycles. The highest BCUT2D eigenvalue weighted by atomic mass is 19.4. The van der Waals surface area contributed by atoms with Gasteiger partial charge in [0.25, 0.3) is 0 Å². The minimum atomic E-state index is -4.40. The number of esters is 2. The maximum atomic E-state index is 12.7. The Morgan fingerprint density at radius 3 is 2.11 bits per heavy atom. The fraction of sp³-hybridized carbons (Fsp3) is 0.385. The van der Waals surface area contributed by atoms with Crippen LogP contribution in [0.25, 0.3) is 0 Å². The molecule has 2 aromatic carbocycles. The van der Waals surface area contributed by atoms with Gasteiger partial charge in [-0.05, 0) is 76.6 Å². The smallest absolute Gasteiger partial charge is 0.416 e. The van der Waals surface area contributed by atoms with E-state index in [0.29, 0.717) is 17.0 Å². The topological polar surface area (TPSA) is 92.5 Å². The summed E-state index contributed by atoms with van der Waals surface area (Å²) in [6.07, 6.45) is -2.85. The van der Waals surface area contributed by atoms with Gasteiger partial charge in [0, 0.05) is 0 Å². The van der Waals surface area contributed by atoms with Crippen LogP contribution in [0.15, 0.2) is 54.7 Å². The number of carbonyl (C=O) groups excluding carboxylic acids is 2. The largest absolute Gasteiger partial charge is 0.476 e. The molecule has 0 spiro atoms. The normalized spacial score (nSPS) is 12.2. The third kappa shape index (κ3) is 8.06. The number of hydrogen-bond donors (Lipinski definition) is 0. The molecule has 0 aliphatic carbocycles. The number of rotatable bonds is 8. The molecule has 0 N–H and O–H groups in total.